The van der Waals surface area contributed by atoms with E-state index in [2.05, 4.69) is 25.5 Å². The molecule has 0 aliphatic heterocycles. The van der Waals surface area contributed by atoms with Gasteiger partial charge in [0.2, 0.25) is 0 Å². The average Bonchev–Trinajstić information content (AvgIpc) is 3.35. The molecule has 0 radical (unpaired) electrons. The molecule has 0 unspecified atom stereocenters. The summed E-state index contributed by atoms with van der Waals surface area (Å²) in [6.45, 7) is 1.06. The molecule has 0 bridgehead atoms. The van der Waals surface area contributed by atoms with Gasteiger partial charge in [-0.2, -0.15) is 5.10 Å². The predicted molar refractivity (Wildman–Crippen MR) is 105 cm³/mol. The molecular formula is C20H19FN6O. The van der Waals surface area contributed by atoms with Crippen LogP contribution < -0.4 is 11.1 Å². The highest BCUT2D eigenvalue weighted by Crippen LogP contribution is 2.27. The van der Waals surface area contributed by atoms with Crippen LogP contribution in [0.15, 0.2) is 48.7 Å². The van der Waals surface area contributed by atoms with Crippen molar-refractivity contribution < 1.29 is 9.18 Å². The number of carbonyl (C=O) groups excluding carboxylic acids is 1. The second kappa shape index (κ2) is 7.61. The summed E-state index contributed by atoms with van der Waals surface area (Å²) in [4.78, 5) is 19.9. The molecule has 0 aliphatic carbocycles. The Morgan fingerprint density at radius 3 is 2.79 bits per heavy atom. The normalized spacial score (nSPS) is 11.1. The number of aromatic amines is 2. The number of hydrogen-bond acceptors (Lipinski definition) is 4. The Morgan fingerprint density at radius 1 is 1.18 bits per heavy atom. The Morgan fingerprint density at radius 2 is 2.00 bits per heavy atom. The van der Waals surface area contributed by atoms with Gasteiger partial charge in [0.05, 0.1) is 17.4 Å². The lowest BCUT2D eigenvalue weighted by Gasteiger charge is -2.04. The first-order valence-electron chi connectivity index (χ1n) is 8.93. The zero-order valence-corrected chi connectivity index (χ0v) is 15.0. The zero-order chi connectivity index (χ0) is 19.5. The minimum atomic E-state index is -0.293. The summed E-state index contributed by atoms with van der Waals surface area (Å²) >= 11 is 0. The number of fused-ring (bicyclic) bond motifs is 1. The number of benzene rings is 2. The fourth-order valence-electron chi connectivity index (χ4n) is 2.96. The second-order valence-corrected chi connectivity index (χ2v) is 6.38. The standard InChI is InChI=1S/C20H19FN6O/c21-14-5-2-12(3-6-14)17-11-24-19(25-17)18-15-10-13(4-7-16(15)26-27-18)20(28)23-9-1-8-22/h2-7,10-11H,1,8-9,22H2,(H,23,28)(H,24,25)(H,26,27). The number of hydrogen-bond donors (Lipinski definition) is 4. The van der Waals surface area contributed by atoms with Crippen LogP contribution in [0, 0.1) is 5.82 Å². The highest BCUT2D eigenvalue weighted by molar-refractivity contribution is 6.01. The molecule has 7 nitrogen and oxygen atoms in total. The van der Waals surface area contributed by atoms with Gasteiger partial charge in [0.25, 0.3) is 5.91 Å². The number of carbonyl (C=O) groups is 1. The first-order valence-corrected chi connectivity index (χ1v) is 8.93. The van der Waals surface area contributed by atoms with Crippen molar-refractivity contribution in [2.24, 2.45) is 5.73 Å². The van der Waals surface area contributed by atoms with Gasteiger partial charge in [-0.15, -0.1) is 0 Å². The minimum Gasteiger partial charge on any atom is -0.352 e. The van der Waals surface area contributed by atoms with Crippen molar-refractivity contribution in [1.82, 2.24) is 25.5 Å². The molecule has 1 amide bonds. The van der Waals surface area contributed by atoms with E-state index >= 15 is 0 Å². The quantitative estimate of drug-likeness (QED) is 0.386. The molecule has 0 spiro atoms. The highest BCUT2D eigenvalue weighted by atomic mass is 19.1. The second-order valence-electron chi connectivity index (χ2n) is 6.38. The molecule has 4 aromatic rings. The third-order valence-electron chi connectivity index (χ3n) is 4.45. The number of nitrogens with two attached hydrogens (primary N) is 1. The van der Waals surface area contributed by atoms with Crippen molar-refractivity contribution in [3.05, 3.63) is 60.0 Å². The fourth-order valence-corrected chi connectivity index (χ4v) is 2.96. The monoisotopic (exact) mass is 378 g/mol. The minimum absolute atomic E-state index is 0.158. The van der Waals surface area contributed by atoms with Gasteiger partial charge >= 0.3 is 0 Å². The molecule has 28 heavy (non-hydrogen) atoms. The molecule has 2 aromatic carbocycles. The Kier molecular flexibility index (Phi) is 4.86. The van der Waals surface area contributed by atoms with E-state index in [1.165, 1.54) is 12.1 Å². The van der Waals surface area contributed by atoms with Gasteiger partial charge in [0.15, 0.2) is 5.82 Å². The number of aromatic nitrogens is 4. The van der Waals surface area contributed by atoms with Crippen LogP contribution in [0.3, 0.4) is 0 Å². The summed E-state index contributed by atoms with van der Waals surface area (Å²) < 4.78 is 13.1. The molecule has 0 saturated heterocycles. The molecule has 2 heterocycles. The first-order chi connectivity index (χ1) is 13.7. The van der Waals surface area contributed by atoms with E-state index < -0.39 is 0 Å². The SMILES string of the molecule is NCCCNC(=O)c1ccc2[nH]nc(-c3ncc(-c4ccc(F)cc4)[nH]3)c2c1. The Labute approximate surface area is 160 Å². The molecule has 0 saturated carbocycles. The van der Waals surface area contributed by atoms with Gasteiger partial charge in [0.1, 0.15) is 11.5 Å². The smallest absolute Gasteiger partial charge is 0.251 e. The Balaban J connectivity index is 1.65. The number of amides is 1. The van der Waals surface area contributed by atoms with Crippen LogP contribution in [-0.2, 0) is 0 Å². The Hall–Kier alpha value is -3.52. The number of nitrogens with zero attached hydrogens (tertiary/aromatic N) is 2. The maximum absolute atomic E-state index is 13.1. The molecule has 5 N–H and O–H groups in total. The predicted octanol–water partition coefficient (Wildman–Crippen LogP) is 2.84. The maximum atomic E-state index is 13.1. The van der Waals surface area contributed by atoms with Gasteiger partial charge in [0, 0.05) is 17.5 Å². The van der Waals surface area contributed by atoms with Crippen molar-refractivity contribution in [3.8, 4) is 22.8 Å². The van der Waals surface area contributed by atoms with Crippen LogP contribution >= 0.6 is 0 Å². The highest BCUT2D eigenvalue weighted by Gasteiger charge is 2.15. The summed E-state index contributed by atoms with van der Waals surface area (Å²) in [5.41, 5.74) is 8.98. The van der Waals surface area contributed by atoms with E-state index in [1.54, 1.807) is 30.5 Å². The molecule has 2 aromatic heterocycles. The van der Waals surface area contributed by atoms with Gasteiger partial charge in [-0.05, 0) is 61.0 Å². The van der Waals surface area contributed by atoms with E-state index in [4.69, 9.17) is 5.73 Å². The molecule has 8 heteroatoms. The fraction of sp³-hybridized carbons (Fsp3) is 0.150. The van der Waals surface area contributed by atoms with Crippen molar-refractivity contribution in [2.75, 3.05) is 13.1 Å². The first kappa shape index (κ1) is 17.9. The molecule has 142 valence electrons. The van der Waals surface area contributed by atoms with Crippen LogP contribution in [0.1, 0.15) is 16.8 Å². The maximum Gasteiger partial charge on any atom is 0.251 e. The van der Waals surface area contributed by atoms with E-state index in [-0.39, 0.29) is 11.7 Å². The van der Waals surface area contributed by atoms with E-state index in [9.17, 15) is 9.18 Å². The molecule has 4 rings (SSSR count). The summed E-state index contributed by atoms with van der Waals surface area (Å²) in [5.74, 6) is 0.110. The number of H-pyrrole nitrogens is 2. The van der Waals surface area contributed by atoms with E-state index in [1.807, 2.05) is 6.07 Å². The topological polar surface area (TPSA) is 112 Å². The number of rotatable bonds is 6. The van der Waals surface area contributed by atoms with Crippen molar-refractivity contribution in [2.45, 2.75) is 6.42 Å². The van der Waals surface area contributed by atoms with Crippen LogP contribution in [0.4, 0.5) is 4.39 Å². The summed E-state index contributed by atoms with van der Waals surface area (Å²) in [7, 11) is 0. The third kappa shape index (κ3) is 3.49. The lowest BCUT2D eigenvalue weighted by atomic mass is 10.1. The van der Waals surface area contributed by atoms with Crippen LogP contribution in [0.5, 0.6) is 0 Å². The van der Waals surface area contributed by atoms with Gasteiger partial charge in [-0.3, -0.25) is 9.89 Å². The van der Waals surface area contributed by atoms with Gasteiger partial charge in [-0.25, -0.2) is 9.37 Å². The number of nitrogens with one attached hydrogen (secondary N) is 3. The van der Waals surface area contributed by atoms with E-state index in [0.29, 0.717) is 30.2 Å². The largest absolute Gasteiger partial charge is 0.352 e. The van der Waals surface area contributed by atoms with Gasteiger partial charge in [-0.1, -0.05) is 0 Å². The number of imidazole rings is 1. The van der Waals surface area contributed by atoms with Gasteiger partial charge < -0.3 is 16.0 Å². The van der Waals surface area contributed by atoms with Crippen LogP contribution in [0.2, 0.25) is 0 Å². The third-order valence-corrected chi connectivity index (χ3v) is 4.45. The summed E-state index contributed by atoms with van der Waals surface area (Å²) in [5, 5.41) is 10.9. The van der Waals surface area contributed by atoms with Crippen molar-refractivity contribution in [1.29, 1.82) is 0 Å². The summed E-state index contributed by atoms with van der Waals surface area (Å²) in [6.07, 6.45) is 2.40. The summed E-state index contributed by atoms with van der Waals surface area (Å²) in [6, 6.07) is 11.5. The van der Waals surface area contributed by atoms with Crippen molar-refractivity contribution >= 4 is 16.8 Å². The zero-order valence-electron chi connectivity index (χ0n) is 15.0. The van der Waals surface area contributed by atoms with Crippen LogP contribution in [0.25, 0.3) is 33.7 Å². The Bertz CT molecular complexity index is 1120. The average molecular weight is 378 g/mol. The lowest BCUT2D eigenvalue weighted by molar-refractivity contribution is 0.0953. The molecule has 0 atom stereocenters. The number of halogens is 1. The molecular weight excluding hydrogens is 359 g/mol. The lowest BCUT2D eigenvalue weighted by Crippen LogP contribution is -2.25. The van der Waals surface area contributed by atoms with E-state index in [0.717, 1.165) is 28.6 Å². The molecule has 0 aliphatic rings. The molecule has 0 fully saturated rings. The van der Waals surface area contributed by atoms with Crippen LogP contribution in [-0.4, -0.2) is 39.2 Å². The van der Waals surface area contributed by atoms with Crippen molar-refractivity contribution in [3.63, 3.8) is 0 Å².